The van der Waals surface area contributed by atoms with E-state index in [1.165, 1.54) is 0 Å². The van der Waals surface area contributed by atoms with E-state index in [9.17, 15) is 0 Å². The molecule has 0 bridgehead atoms. The van der Waals surface area contributed by atoms with Crippen molar-refractivity contribution in [3.63, 3.8) is 0 Å². The molecule has 16 heavy (non-hydrogen) atoms. The number of hydrogen-bond acceptors (Lipinski definition) is 4. The molecule has 0 aliphatic carbocycles. The number of nitrogens with zero attached hydrogens (tertiary/aromatic N) is 4. The highest BCUT2D eigenvalue weighted by atomic mass is 32.1. The van der Waals surface area contributed by atoms with Gasteiger partial charge in [-0.05, 0) is 13.8 Å². The predicted octanol–water partition coefficient (Wildman–Crippen LogP) is 2.13. The second-order valence-electron chi connectivity index (χ2n) is 3.98. The Kier molecular flexibility index (Phi) is 3.22. The van der Waals surface area contributed by atoms with Crippen molar-refractivity contribution < 1.29 is 0 Å². The summed E-state index contributed by atoms with van der Waals surface area (Å²) in [7, 11) is 0. The summed E-state index contributed by atoms with van der Waals surface area (Å²) in [5.74, 6) is 0. The molecule has 2 heterocycles. The van der Waals surface area contributed by atoms with Gasteiger partial charge in [0.15, 0.2) is 4.96 Å². The SMILES string of the molecule is CC(C)N(CC#N)Cc1cn2ccsc2n1. The maximum atomic E-state index is 8.75. The minimum Gasteiger partial charge on any atom is -0.297 e. The van der Waals surface area contributed by atoms with Gasteiger partial charge in [0, 0.05) is 30.4 Å². The van der Waals surface area contributed by atoms with E-state index in [1.807, 2.05) is 22.2 Å². The molecule has 0 aliphatic rings. The van der Waals surface area contributed by atoms with Gasteiger partial charge in [-0.3, -0.25) is 9.30 Å². The summed E-state index contributed by atoms with van der Waals surface area (Å²) in [5.41, 5.74) is 1.02. The third kappa shape index (κ3) is 2.23. The van der Waals surface area contributed by atoms with Crippen LogP contribution in [0.15, 0.2) is 17.8 Å². The Morgan fingerprint density at radius 1 is 1.62 bits per heavy atom. The summed E-state index contributed by atoms with van der Waals surface area (Å²) in [6, 6.07) is 2.55. The van der Waals surface area contributed by atoms with E-state index < -0.39 is 0 Å². The van der Waals surface area contributed by atoms with Gasteiger partial charge in [0.05, 0.1) is 18.3 Å². The third-order valence-corrected chi connectivity index (χ3v) is 3.28. The van der Waals surface area contributed by atoms with Crippen LogP contribution in [0, 0.1) is 11.3 Å². The van der Waals surface area contributed by atoms with Gasteiger partial charge in [-0.2, -0.15) is 5.26 Å². The first kappa shape index (κ1) is 11.1. The van der Waals surface area contributed by atoms with Crippen LogP contribution in [0.5, 0.6) is 0 Å². The zero-order chi connectivity index (χ0) is 11.5. The van der Waals surface area contributed by atoms with E-state index in [2.05, 4.69) is 29.8 Å². The van der Waals surface area contributed by atoms with Gasteiger partial charge in [0.1, 0.15) is 0 Å². The molecule has 0 aromatic carbocycles. The number of rotatable bonds is 4. The van der Waals surface area contributed by atoms with Crippen LogP contribution in [0.4, 0.5) is 0 Å². The lowest BCUT2D eigenvalue weighted by Gasteiger charge is -2.21. The fraction of sp³-hybridized carbons (Fsp3) is 0.455. The highest BCUT2D eigenvalue weighted by molar-refractivity contribution is 7.15. The van der Waals surface area contributed by atoms with Gasteiger partial charge in [-0.25, -0.2) is 4.98 Å². The van der Waals surface area contributed by atoms with Crippen molar-refractivity contribution in [3.8, 4) is 6.07 Å². The van der Waals surface area contributed by atoms with E-state index in [0.717, 1.165) is 17.2 Å². The summed E-state index contributed by atoms with van der Waals surface area (Å²) in [4.78, 5) is 7.62. The molecule has 4 nitrogen and oxygen atoms in total. The van der Waals surface area contributed by atoms with E-state index in [1.54, 1.807) is 11.3 Å². The molecule has 0 radical (unpaired) electrons. The minimum atomic E-state index is 0.361. The van der Waals surface area contributed by atoms with Crippen molar-refractivity contribution in [2.24, 2.45) is 0 Å². The molecule has 84 valence electrons. The first-order chi connectivity index (χ1) is 7.70. The molecule has 0 saturated heterocycles. The lowest BCUT2D eigenvalue weighted by atomic mass is 10.3. The van der Waals surface area contributed by atoms with Crippen LogP contribution in [0.25, 0.3) is 4.96 Å². The van der Waals surface area contributed by atoms with E-state index in [0.29, 0.717) is 12.6 Å². The fourth-order valence-corrected chi connectivity index (χ4v) is 2.29. The lowest BCUT2D eigenvalue weighted by Crippen LogP contribution is -2.30. The number of nitriles is 1. The Balaban J connectivity index is 2.13. The minimum absolute atomic E-state index is 0.361. The quantitative estimate of drug-likeness (QED) is 0.761. The predicted molar refractivity (Wildman–Crippen MR) is 64.2 cm³/mol. The number of thiazole rings is 1. The van der Waals surface area contributed by atoms with Crippen molar-refractivity contribution in [1.82, 2.24) is 14.3 Å². The van der Waals surface area contributed by atoms with Gasteiger partial charge in [0.25, 0.3) is 0 Å². The van der Waals surface area contributed by atoms with Gasteiger partial charge in [0.2, 0.25) is 0 Å². The zero-order valence-corrected chi connectivity index (χ0v) is 10.2. The molecule has 0 aliphatic heterocycles. The topological polar surface area (TPSA) is 44.3 Å². The van der Waals surface area contributed by atoms with Gasteiger partial charge >= 0.3 is 0 Å². The number of fused-ring (bicyclic) bond motifs is 1. The van der Waals surface area contributed by atoms with E-state index in [4.69, 9.17) is 5.26 Å². The maximum Gasteiger partial charge on any atom is 0.193 e. The van der Waals surface area contributed by atoms with Crippen LogP contribution in [0.3, 0.4) is 0 Å². The Bertz CT molecular complexity index is 477. The average molecular weight is 234 g/mol. The molecule has 0 unspecified atom stereocenters. The second-order valence-corrected chi connectivity index (χ2v) is 4.85. The van der Waals surface area contributed by atoms with Gasteiger partial charge < -0.3 is 0 Å². The van der Waals surface area contributed by atoms with Crippen LogP contribution < -0.4 is 0 Å². The Morgan fingerprint density at radius 3 is 3.06 bits per heavy atom. The summed E-state index contributed by atoms with van der Waals surface area (Å²) in [6.07, 6.45) is 4.03. The Labute approximate surface area is 98.8 Å². The van der Waals surface area contributed by atoms with E-state index in [-0.39, 0.29) is 0 Å². The summed E-state index contributed by atoms with van der Waals surface area (Å²) in [6.45, 7) is 5.37. The van der Waals surface area contributed by atoms with E-state index >= 15 is 0 Å². The van der Waals surface area contributed by atoms with Crippen LogP contribution >= 0.6 is 11.3 Å². The van der Waals surface area contributed by atoms with Crippen molar-refractivity contribution in [2.75, 3.05) is 6.54 Å². The highest BCUT2D eigenvalue weighted by Crippen LogP contribution is 2.13. The fourth-order valence-electron chi connectivity index (χ4n) is 1.57. The summed E-state index contributed by atoms with van der Waals surface area (Å²) < 4.78 is 2.02. The molecule has 0 saturated carbocycles. The number of aromatic nitrogens is 2. The first-order valence-electron chi connectivity index (χ1n) is 5.23. The van der Waals surface area contributed by atoms with Crippen LogP contribution in [0.2, 0.25) is 0 Å². The number of imidazole rings is 1. The molecule has 0 spiro atoms. The molecular weight excluding hydrogens is 220 g/mol. The molecule has 0 fully saturated rings. The first-order valence-corrected chi connectivity index (χ1v) is 6.10. The van der Waals surface area contributed by atoms with Crippen molar-refractivity contribution >= 4 is 16.3 Å². The smallest absolute Gasteiger partial charge is 0.193 e. The molecule has 0 amide bonds. The monoisotopic (exact) mass is 234 g/mol. The van der Waals surface area contributed by atoms with Crippen LogP contribution in [-0.2, 0) is 6.54 Å². The molecule has 2 aromatic rings. The van der Waals surface area contributed by atoms with Crippen molar-refractivity contribution in [2.45, 2.75) is 26.4 Å². The molecule has 5 heteroatoms. The summed E-state index contributed by atoms with van der Waals surface area (Å²) >= 11 is 1.63. The second kappa shape index (κ2) is 4.64. The van der Waals surface area contributed by atoms with Crippen molar-refractivity contribution in [1.29, 1.82) is 5.26 Å². The molecule has 2 aromatic heterocycles. The summed E-state index contributed by atoms with van der Waals surface area (Å²) in [5, 5.41) is 10.8. The molecular formula is C11H14N4S. The zero-order valence-electron chi connectivity index (χ0n) is 9.42. The normalized spacial score (nSPS) is 11.4. The largest absolute Gasteiger partial charge is 0.297 e. The maximum absolute atomic E-state index is 8.75. The molecule has 0 N–H and O–H groups in total. The van der Waals surface area contributed by atoms with Crippen molar-refractivity contribution in [3.05, 3.63) is 23.5 Å². The Morgan fingerprint density at radius 2 is 2.44 bits per heavy atom. The van der Waals surface area contributed by atoms with Crippen LogP contribution in [0.1, 0.15) is 19.5 Å². The number of hydrogen-bond donors (Lipinski definition) is 0. The Hall–Kier alpha value is -1.38. The lowest BCUT2D eigenvalue weighted by molar-refractivity contribution is 0.238. The third-order valence-electron chi connectivity index (χ3n) is 2.51. The standard InChI is InChI=1S/C11H14N4S/c1-9(2)14(4-3-12)7-10-8-15-5-6-16-11(15)13-10/h5-6,8-9H,4,7H2,1-2H3. The highest BCUT2D eigenvalue weighted by Gasteiger charge is 2.12. The average Bonchev–Trinajstić information content (AvgIpc) is 2.76. The molecule has 0 atom stereocenters. The van der Waals surface area contributed by atoms with Gasteiger partial charge in [-0.15, -0.1) is 11.3 Å². The van der Waals surface area contributed by atoms with Gasteiger partial charge in [-0.1, -0.05) is 0 Å². The van der Waals surface area contributed by atoms with Crippen LogP contribution in [-0.4, -0.2) is 26.9 Å². The molecule has 2 rings (SSSR count).